The zero-order valence-electron chi connectivity index (χ0n) is 11.7. The van der Waals surface area contributed by atoms with Gasteiger partial charge in [-0.1, -0.05) is 54.6 Å². The molecule has 0 saturated carbocycles. The van der Waals surface area contributed by atoms with Crippen molar-refractivity contribution in [3.8, 4) is 0 Å². The van der Waals surface area contributed by atoms with E-state index in [1.807, 2.05) is 0 Å². The molecule has 0 radical (unpaired) electrons. The molecule has 4 heteroatoms. The molecule has 112 valence electrons. The summed E-state index contributed by atoms with van der Waals surface area (Å²) in [5, 5.41) is 8.61. The van der Waals surface area contributed by atoms with Gasteiger partial charge in [0.2, 0.25) is 0 Å². The first kappa shape index (κ1) is 15.6. The zero-order chi connectivity index (χ0) is 15.9. The highest BCUT2D eigenvalue weighted by atomic mass is 19.1. The number of hydrogen-bond acceptors (Lipinski definition) is 1. The highest BCUT2D eigenvalue weighted by Crippen LogP contribution is 2.27. The molecule has 2 aromatic carbocycles. The first-order chi connectivity index (χ1) is 10.6. The van der Waals surface area contributed by atoms with Gasteiger partial charge in [0.1, 0.15) is 11.6 Å². The number of benzene rings is 2. The maximum absolute atomic E-state index is 14.0. The number of carboxylic acids is 1. The summed E-state index contributed by atoms with van der Waals surface area (Å²) < 4.78 is 28.0. The fourth-order valence-electron chi connectivity index (χ4n) is 2.02. The van der Waals surface area contributed by atoms with E-state index in [4.69, 9.17) is 5.11 Å². The third kappa shape index (κ3) is 3.88. The van der Waals surface area contributed by atoms with Crippen LogP contribution in [0.15, 0.2) is 66.8 Å². The Balaban J connectivity index is 2.48. The lowest BCUT2D eigenvalue weighted by Gasteiger charge is -2.10. The molecule has 2 nitrogen and oxygen atoms in total. The van der Waals surface area contributed by atoms with Crippen molar-refractivity contribution >= 4 is 11.5 Å². The smallest absolute Gasteiger partial charge is 0.307 e. The Hall–Kier alpha value is -2.75. The van der Waals surface area contributed by atoms with Crippen LogP contribution in [-0.4, -0.2) is 11.1 Å². The lowest BCUT2D eigenvalue weighted by molar-refractivity contribution is -0.136. The van der Waals surface area contributed by atoms with Gasteiger partial charge >= 0.3 is 5.97 Å². The first-order valence-electron chi connectivity index (χ1n) is 6.68. The fourth-order valence-corrected chi connectivity index (χ4v) is 2.02. The summed E-state index contributed by atoms with van der Waals surface area (Å²) in [5.74, 6) is -1.91. The molecule has 0 bridgehead atoms. The standard InChI is InChI=1S/C18H14F2O2/c19-16-10-4-1-8-14(16)13(7-3-6-12-18(21)22)15-9-2-5-11-17(15)20/h1-11H,12H2,(H,21,22)/b6-3+. The second kappa shape index (κ2) is 7.31. The van der Waals surface area contributed by atoms with Crippen LogP contribution in [0.5, 0.6) is 0 Å². The van der Waals surface area contributed by atoms with E-state index in [2.05, 4.69) is 0 Å². The van der Waals surface area contributed by atoms with Crippen LogP contribution in [0.25, 0.3) is 5.57 Å². The molecule has 22 heavy (non-hydrogen) atoms. The Bertz CT molecular complexity index is 686. The van der Waals surface area contributed by atoms with E-state index in [0.717, 1.165) is 0 Å². The molecule has 2 rings (SSSR count). The Morgan fingerprint density at radius 2 is 1.45 bits per heavy atom. The normalized spacial score (nSPS) is 10.6. The van der Waals surface area contributed by atoms with Crippen LogP contribution >= 0.6 is 0 Å². The second-order valence-electron chi connectivity index (χ2n) is 4.57. The maximum Gasteiger partial charge on any atom is 0.307 e. The molecule has 1 N–H and O–H groups in total. The summed E-state index contributed by atoms with van der Waals surface area (Å²) in [4.78, 5) is 10.5. The number of aliphatic carboxylic acids is 1. The van der Waals surface area contributed by atoms with Crippen LogP contribution in [0.1, 0.15) is 17.5 Å². The third-order valence-corrected chi connectivity index (χ3v) is 3.02. The minimum absolute atomic E-state index is 0.154. The van der Waals surface area contributed by atoms with Gasteiger partial charge in [-0.2, -0.15) is 0 Å². The number of rotatable bonds is 5. The maximum atomic E-state index is 14.0. The molecule has 0 aliphatic rings. The van der Waals surface area contributed by atoms with Gasteiger partial charge in [-0.15, -0.1) is 0 Å². The molecule has 0 unspecified atom stereocenters. The SMILES string of the molecule is O=C(O)C/C=C/C=C(c1ccccc1F)c1ccccc1F. The highest BCUT2D eigenvalue weighted by Gasteiger charge is 2.12. The Labute approximate surface area is 127 Å². The van der Waals surface area contributed by atoms with Crippen molar-refractivity contribution in [3.05, 3.63) is 89.5 Å². The number of hydrogen-bond donors (Lipinski definition) is 1. The molecule has 0 saturated heterocycles. The van der Waals surface area contributed by atoms with Gasteiger partial charge in [0.05, 0.1) is 6.42 Å². The van der Waals surface area contributed by atoms with E-state index in [9.17, 15) is 13.6 Å². The van der Waals surface area contributed by atoms with Crippen LogP contribution in [0.4, 0.5) is 8.78 Å². The molecule has 0 atom stereocenters. The van der Waals surface area contributed by atoms with Gasteiger partial charge in [-0.3, -0.25) is 4.79 Å². The molecule has 0 aromatic heterocycles. The third-order valence-electron chi connectivity index (χ3n) is 3.02. The van der Waals surface area contributed by atoms with Crippen molar-refractivity contribution < 1.29 is 18.7 Å². The molecule has 0 amide bonds. The molecule has 0 spiro atoms. The van der Waals surface area contributed by atoms with Crippen molar-refractivity contribution in [2.45, 2.75) is 6.42 Å². The van der Waals surface area contributed by atoms with E-state index < -0.39 is 17.6 Å². The van der Waals surface area contributed by atoms with Gasteiger partial charge in [0.15, 0.2) is 0 Å². The van der Waals surface area contributed by atoms with Crippen LogP contribution in [0, 0.1) is 11.6 Å². The summed E-state index contributed by atoms with van der Waals surface area (Å²) in [6.07, 6.45) is 4.27. The average Bonchev–Trinajstić information content (AvgIpc) is 2.49. The lowest BCUT2D eigenvalue weighted by atomic mass is 9.96. The number of carbonyl (C=O) groups is 1. The van der Waals surface area contributed by atoms with Gasteiger partial charge in [-0.05, 0) is 17.7 Å². The van der Waals surface area contributed by atoms with E-state index in [1.54, 1.807) is 36.4 Å². The monoisotopic (exact) mass is 300 g/mol. The van der Waals surface area contributed by atoms with Gasteiger partial charge in [-0.25, -0.2) is 8.78 Å². The van der Waals surface area contributed by atoms with Crippen molar-refractivity contribution in [3.63, 3.8) is 0 Å². The number of halogens is 2. The van der Waals surface area contributed by atoms with E-state index >= 15 is 0 Å². The van der Waals surface area contributed by atoms with Crippen molar-refractivity contribution in [2.24, 2.45) is 0 Å². The summed E-state index contributed by atoms with van der Waals surface area (Å²) in [5.41, 5.74) is 0.873. The molecule has 0 heterocycles. The summed E-state index contributed by atoms with van der Waals surface area (Å²) in [7, 11) is 0. The molecular weight excluding hydrogens is 286 g/mol. The lowest BCUT2D eigenvalue weighted by Crippen LogP contribution is -1.95. The molecule has 0 aliphatic heterocycles. The molecule has 0 fully saturated rings. The van der Waals surface area contributed by atoms with Crippen LogP contribution in [0.3, 0.4) is 0 Å². The van der Waals surface area contributed by atoms with E-state index in [0.29, 0.717) is 5.57 Å². The quantitative estimate of drug-likeness (QED) is 0.830. The van der Waals surface area contributed by atoms with Crippen molar-refractivity contribution in [2.75, 3.05) is 0 Å². The predicted molar refractivity (Wildman–Crippen MR) is 81.3 cm³/mol. The Kier molecular flexibility index (Phi) is 5.20. The van der Waals surface area contributed by atoms with E-state index in [1.165, 1.54) is 30.4 Å². The molecular formula is C18H14F2O2. The van der Waals surface area contributed by atoms with Gasteiger partial charge in [0.25, 0.3) is 0 Å². The second-order valence-corrected chi connectivity index (χ2v) is 4.57. The average molecular weight is 300 g/mol. The van der Waals surface area contributed by atoms with Crippen LogP contribution in [-0.2, 0) is 4.79 Å². The molecule has 2 aromatic rings. The highest BCUT2D eigenvalue weighted by molar-refractivity contribution is 5.81. The first-order valence-corrected chi connectivity index (χ1v) is 6.68. The largest absolute Gasteiger partial charge is 0.481 e. The van der Waals surface area contributed by atoms with Crippen molar-refractivity contribution in [1.29, 1.82) is 0 Å². The Morgan fingerprint density at radius 3 is 1.91 bits per heavy atom. The zero-order valence-corrected chi connectivity index (χ0v) is 11.7. The number of allylic oxidation sites excluding steroid dienone is 2. The minimum atomic E-state index is -0.969. The summed E-state index contributed by atoms with van der Waals surface area (Å²) in [6, 6.07) is 12.1. The van der Waals surface area contributed by atoms with Crippen LogP contribution < -0.4 is 0 Å². The van der Waals surface area contributed by atoms with Gasteiger partial charge < -0.3 is 5.11 Å². The Morgan fingerprint density at radius 1 is 0.955 bits per heavy atom. The number of carboxylic acid groups (broad SMARTS) is 1. The van der Waals surface area contributed by atoms with Gasteiger partial charge in [0, 0.05) is 11.1 Å². The van der Waals surface area contributed by atoms with Crippen LogP contribution in [0.2, 0.25) is 0 Å². The van der Waals surface area contributed by atoms with E-state index in [-0.39, 0.29) is 17.5 Å². The molecule has 0 aliphatic carbocycles. The predicted octanol–water partition coefficient (Wildman–Crippen LogP) is 4.43. The topological polar surface area (TPSA) is 37.3 Å². The minimum Gasteiger partial charge on any atom is -0.481 e. The van der Waals surface area contributed by atoms with Crippen molar-refractivity contribution in [1.82, 2.24) is 0 Å². The fraction of sp³-hybridized carbons (Fsp3) is 0.0556. The summed E-state index contributed by atoms with van der Waals surface area (Å²) >= 11 is 0. The summed E-state index contributed by atoms with van der Waals surface area (Å²) in [6.45, 7) is 0.